The van der Waals surface area contributed by atoms with Crippen LogP contribution in [0.3, 0.4) is 0 Å². The first-order chi connectivity index (χ1) is 16.2. The first kappa shape index (κ1) is 32.2. The monoisotopic (exact) mass is 464 g/mol. The minimum Gasteiger partial charge on any atom is -0.356 e. The molecule has 0 bridgehead atoms. The number of allylic oxidation sites excluding steroid dienone is 2. The van der Waals surface area contributed by atoms with Gasteiger partial charge in [-0.15, -0.1) is 0 Å². The maximum atomic E-state index is 11.9. The zero-order chi connectivity index (χ0) is 24.2. The Bertz CT molecular complexity index is 418. The molecule has 0 radical (unpaired) electrons. The minimum absolute atomic E-state index is 0.235. The fraction of sp³-hybridized carbons (Fsp3) is 0.900. The van der Waals surface area contributed by atoms with Crippen LogP contribution in [0.25, 0.3) is 0 Å². The molecule has 0 aliphatic carbocycles. The lowest BCUT2D eigenvalue weighted by atomic mass is 10.1. The summed E-state index contributed by atoms with van der Waals surface area (Å²) in [6.07, 6.45) is 31.6. The summed E-state index contributed by atoms with van der Waals surface area (Å²) >= 11 is 0. The van der Waals surface area contributed by atoms with Gasteiger partial charge in [0.05, 0.1) is 0 Å². The molecule has 0 saturated heterocycles. The number of carbonyl (C=O) groups excluding carboxylic acids is 1. The Morgan fingerprint density at radius 2 is 1.09 bits per heavy atom. The molecule has 1 amide bonds. The molecular formula is C30H60N2O. The molecule has 0 rings (SSSR count). The van der Waals surface area contributed by atoms with Gasteiger partial charge in [-0.2, -0.15) is 0 Å². The zero-order valence-corrected chi connectivity index (χ0v) is 22.9. The predicted octanol–water partition coefficient (Wildman–Crippen LogP) is 8.87. The number of unbranched alkanes of at least 4 members (excludes halogenated alkanes) is 15. The zero-order valence-electron chi connectivity index (χ0n) is 22.9. The van der Waals surface area contributed by atoms with E-state index in [0.29, 0.717) is 12.5 Å². The van der Waals surface area contributed by atoms with E-state index in [1.54, 1.807) is 0 Å². The summed E-state index contributed by atoms with van der Waals surface area (Å²) in [4.78, 5) is 11.9. The number of carbonyl (C=O) groups is 1. The van der Waals surface area contributed by atoms with Gasteiger partial charge in [0.2, 0.25) is 5.91 Å². The third-order valence-corrected chi connectivity index (χ3v) is 6.76. The normalized spacial score (nSPS) is 11.6. The molecule has 0 spiro atoms. The van der Waals surface area contributed by atoms with Crippen molar-refractivity contribution in [2.75, 3.05) is 13.1 Å². The van der Waals surface area contributed by atoms with E-state index in [2.05, 4.69) is 43.6 Å². The van der Waals surface area contributed by atoms with E-state index >= 15 is 0 Å². The summed E-state index contributed by atoms with van der Waals surface area (Å²) in [6, 6.07) is 0.627. The molecule has 0 atom stereocenters. The summed E-state index contributed by atoms with van der Waals surface area (Å²) in [5.74, 6) is 0.235. The molecule has 3 heteroatoms. The highest BCUT2D eigenvalue weighted by Crippen LogP contribution is 2.12. The van der Waals surface area contributed by atoms with Gasteiger partial charge in [-0.3, -0.25) is 4.79 Å². The van der Waals surface area contributed by atoms with Crippen molar-refractivity contribution in [1.82, 2.24) is 10.6 Å². The van der Waals surface area contributed by atoms with Gasteiger partial charge in [-0.25, -0.2) is 0 Å². The van der Waals surface area contributed by atoms with E-state index in [0.717, 1.165) is 25.9 Å². The number of rotatable bonds is 26. The SMILES string of the molecule is CCCCCCCC/C=C\CCCCCCCCCCCC(=O)NCCCNC(CC)CC. The summed E-state index contributed by atoms with van der Waals surface area (Å²) in [7, 11) is 0. The maximum absolute atomic E-state index is 11.9. The van der Waals surface area contributed by atoms with Crippen LogP contribution in [0, 0.1) is 0 Å². The number of hydrogen-bond acceptors (Lipinski definition) is 2. The Labute approximate surface area is 208 Å². The van der Waals surface area contributed by atoms with Crippen LogP contribution in [0.5, 0.6) is 0 Å². The molecule has 0 fully saturated rings. The summed E-state index contributed by atoms with van der Waals surface area (Å²) < 4.78 is 0. The smallest absolute Gasteiger partial charge is 0.219 e. The van der Waals surface area contributed by atoms with Gasteiger partial charge in [0, 0.05) is 19.0 Å². The third-order valence-electron chi connectivity index (χ3n) is 6.76. The van der Waals surface area contributed by atoms with Gasteiger partial charge in [0.15, 0.2) is 0 Å². The largest absolute Gasteiger partial charge is 0.356 e. The van der Waals surface area contributed by atoms with E-state index in [1.807, 2.05) is 0 Å². The Hall–Kier alpha value is -0.830. The van der Waals surface area contributed by atoms with Crippen molar-refractivity contribution in [3.63, 3.8) is 0 Å². The van der Waals surface area contributed by atoms with E-state index in [1.165, 1.54) is 116 Å². The molecule has 0 aliphatic rings. The van der Waals surface area contributed by atoms with Crippen LogP contribution >= 0.6 is 0 Å². The first-order valence-electron chi connectivity index (χ1n) is 14.9. The van der Waals surface area contributed by atoms with Crippen LogP contribution in [-0.2, 0) is 4.79 Å². The fourth-order valence-corrected chi connectivity index (χ4v) is 4.35. The molecular weight excluding hydrogens is 404 g/mol. The highest BCUT2D eigenvalue weighted by atomic mass is 16.1. The fourth-order valence-electron chi connectivity index (χ4n) is 4.35. The topological polar surface area (TPSA) is 41.1 Å². The molecule has 0 aromatic heterocycles. The van der Waals surface area contributed by atoms with Crippen molar-refractivity contribution < 1.29 is 4.79 Å². The van der Waals surface area contributed by atoms with Gasteiger partial charge in [-0.1, -0.05) is 110 Å². The van der Waals surface area contributed by atoms with Crippen LogP contribution < -0.4 is 10.6 Å². The highest BCUT2D eigenvalue weighted by Gasteiger charge is 2.03. The third kappa shape index (κ3) is 25.6. The quantitative estimate of drug-likeness (QED) is 0.0991. The molecule has 0 saturated carbocycles. The van der Waals surface area contributed by atoms with Gasteiger partial charge in [0.25, 0.3) is 0 Å². The van der Waals surface area contributed by atoms with E-state index in [4.69, 9.17) is 0 Å². The molecule has 3 nitrogen and oxygen atoms in total. The Balaban J connectivity index is 3.23. The maximum Gasteiger partial charge on any atom is 0.219 e. The van der Waals surface area contributed by atoms with E-state index < -0.39 is 0 Å². The average Bonchev–Trinajstić information content (AvgIpc) is 2.83. The Morgan fingerprint density at radius 1 is 0.606 bits per heavy atom. The number of hydrogen-bond donors (Lipinski definition) is 2. The Kier molecular flexibility index (Phi) is 26.7. The van der Waals surface area contributed by atoms with Crippen molar-refractivity contribution in [3.05, 3.63) is 12.2 Å². The van der Waals surface area contributed by atoms with E-state index in [-0.39, 0.29) is 5.91 Å². The van der Waals surface area contributed by atoms with Crippen molar-refractivity contribution in [3.8, 4) is 0 Å². The van der Waals surface area contributed by atoms with E-state index in [9.17, 15) is 4.79 Å². The van der Waals surface area contributed by atoms with Gasteiger partial charge in [0.1, 0.15) is 0 Å². The summed E-state index contributed by atoms with van der Waals surface area (Å²) in [5, 5.41) is 6.61. The molecule has 2 N–H and O–H groups in total. The van der Waals surface area contributed by atoms with Gasteiger partial charge in [-0.05, 0) is 57.9 Å². The Morgan fingerprint density at radius 3 is 1.61 bits per heavy atom. The second-order valence-corrected chi connectivity index (χ2v) is 9.92. The second kappa shape index (κ2) is 27.4. The first-order valence-corrected chi connectivity index (χ1v) is 14.9. The minimum atomic E-state index is 0.235. The van der Waals surface area contributed by atoms with Crippen molar-refractivity contribution in [1.29, 1.82) is 0 Å². The standard InChI is InChI=1S/C30H60N2O/c1-4-7-8-9-10-11-12-13-14-15-16-17-18-19-20-21-22-23-24-26-30(33)32-28-25-27-31-29(5-2)6-3/h13-14,29,31H,4-12,15-28H2,1-3H3,(H,32,33)/b14-13-. The second-order valence-electron chi connectivity index (χ2n) is 9.92. The van der Waals surface area contributed by atoms with Gasteiger partial charge >= 0.3 is 0 Å². The van der Waals surface area contributed by atoms with Crippen molar-refractivity contribution >= 4 is 5.91 Å². The molecule has 0 aromatic rings. The summed E-state index contributed by atoms with van der Waals surface area (Å²) in [6.45, 7) is 8.54. The average molecular weight is 465 g/mol. The van der Waals surface area contributed by atoms with Crippen molar-refractivity contribution in [2.45, 2.75) is 162 Å². The van der Waals surface area contributed by atoms with Crippen LogP contribution in [0.15, 0.2) is 12.2 Å². The number of nitrogens with one attached hydrogen (secondary N) is 2. The summed E-state index contributed by atoms with van der Waals surface area (Å²) in [5.41, 5.74) is 0. The molecule has 0 aliphatic heterocycles. The number of amides is 1. The predicted molar refractivity (Wildman–Crippen MR) is 148 cm³/mol. The molecule has 196 valence electrons. The van der Waals surface area contributed by atoms with Crippen LogP contribution in [0.1, 0.15) is 156 Å². The molecule has 33 heavy (non-hydrogen) atoms. The van der Waals surface area contributed by atoms with Crippen molar-refractivity contribution in [2.24, 2.45) is 0 Å². The molecule has 0 heterocycles. The lowest BCUT2D eigenvalue weighted by molar-refractivity contribution is -0.121. The van der Waals surface area contributed by atoms with Crippen LogP contribution in [-0.4, -0.2) is 25.0 Å². The van der Waals surface area contributed by atoms with Gasteiger partial charge < -0.3 is 10.6 Å². The lowest BCUT2D eigenvalue weighted by Gasteiger charge is -2.14. The molecule has 0 aromatic carbocycles. The lowest BCUT2D eigenvalue weighted by Crippen LogP contribution is -2.31. The van der Waals surface area contributed by atoms with Crippen LogP contribution in [0.2, 0.25) is 0 Å². The molecule has 0 unspecified atom stereocenters. The van der Waals surface area contributed by atoms with Crippen LogP contribution in [0.4, 0.5) is 0 Å². The highest BCUT2D eigenvalue weighted by molar-refractivity contribution is 5.75.